The SMILES string of the molecule is O=C(O)CC(=O)/C=C/C(=O)CC(=O)O. The molecule has 0 heterocycles. The third kappa shape index (κ3) is 6.71. The summed E-state index contributed by atoms with van der Waals surface area (Å²) in [5.41, 5.74) is 0. The van der Waals surface area contributed by atoms with Crippen molar-refractivity contribution < 1.29 is 29.4 Å². The van der Waals surface area contributed by atoms with Gasteiger partial charge in [-0.3, -0.25) is 19.2 Å². The minimum atomic E-state index is -1.30. The first-order chi connectivity index (χ1) is 6.41. The lowest BCUT2D eigenvalue weighted by Crippen LogP contribution is -2.06. The van der Waals surface area contributed by atoms with Gasteiger partial charge in [-0.25, -0.2) is 0 Å². The number of carbonyl (C=O) groups excluding carboxylic acids is 2. The summed E-state index contributed by atoms with van der Waals surface area (Å²) in [6, 6.07) is 0. The normalized spacial score (nSPS) is 10.0. The Morgan fingerprint density at radius 1 is 0.786 bits per heavy atom. The summed E-state index contributed by atoms with van der Waals surface area (Å²) < 4.78 is 0. The predicted molar refractivity (Wildman–Crippen MR) is 43.7 cm³/mol. The summed E-state index contributed by atoms with van der Waals surface area (Å²) in [5.74, 6) is -4.11. The van der Waals surface area contributed by atoms with Crippen LogP contribution in [-0.2, 0) is 19.2 Å². The average Bonchev–Trinajstić information content (AvgIpc) is 1.98. The fourth-order valence-electron chi connectivity index (χ4n) is 0.602. The molecule has 0 aromatic carbocycles. The molecule has 0 saturated heterocycles. The van der Waals surface area contributed by atoms with Crippen LogP contribution in [0.3, 0.4) is 0 Å². The molecule has 14 heavy (non-hydrogen) atoms. The van der Waals surface area contributed by atoms with Crippen molar-refractivity contribution in [2.24, 2.45) is 0 Å². The quantitative estimate of drug-likeness (QED) is 0.447. The van der Waals surface area contributed by atoms with Crippen molar-refractivity contribution in [3.8, 4) is 0 Å². The fourth-order valence-corrected chi connectivity index (χ4v) is 0.602. The van der Waals surface area contributed by atoms with E-state index >= 15 is 0 Å². The van der Waals surface area contributed by atoms with E-state index in [1.807, 2.05) is 0 Å². The minimum Gasteiger partial charge on any atom is -0.481 e. The highest BCUT2D eigenvalue weighted by Gasteiger charge is 2.06. The van der Waals surface area contributed by atoms with E-state index in [1.54, 1.807) is 0 Å². The van der Waals surface area contributed by atoms with Gasteiger partial charge in [-0.15, -0.1) is 0 Å². The molecule has 0 aromatic heterocycles. The van der Waals surface area contributed by atoms with Crippen LogP contribution in [0.1, 0.15) is 12.8 Å². The Morgan fingerprint density at radius 2 is 1.07 bits per heavy atom. The summed E-state index contributed by atoms with van der Waals surface area (Å²) in [6.07, 6.45) is 0.104. The van der Waals surface area contributed by atoms with Gasteiger partial charge < -0.3 is 10.2 Å². The molecule has 0 aliphatic carbocycles. The third-order valence-electron chi connectivity index (χ3n) is 1.11. The number of hydrogen-bond donors (Lipinski definition) is 2. The third-order valence-corrected chi connectivity index (χ3v) is 1.11. The largest absolute Gasteiger partial charge is 0.481 e. The van der Waals surface area contributed by atoms with Crippen LogP contribution in [0.2, 0.25) is 0 Å². The molecule has 0 unspecified atom stereocenters. The lowest BCUT2D eigenvalue weighted by molar-refractivity contribution is -0.141. The molecule has 0 rings (SSSR count). The monoisotopic (exact) mass is 200 g/mol. The van der Waals surface area contributed by atoms with E-state index in [4.69, 9.17) is 10.2 Å². The highest BCUT2D eigenvalue weighted by atomic mass is 16.4. The molecular formula is C8H8O6. The molecular weight excluding hydrogens is 192 g/mol. The van der Waals surface area contributed by atoms with Gasteiger partial charge in [0.1, 0.15) is 12.8 Å². The van der Waals surface area contributed by atoms with Gasteiger partial charge in [0.15, 0.2) is 11.6 Å². The van der Waals surface area contributed by atoms with Gasteiger partial charge in [0.05, 0.1) is 0 Å². The molecule has 76 valence electrons. The van der Waals surface area contributed by atoms with Crippen molar-refractivity contribution >= 4 is 23.5 Å². The van der Waals surface area contributed by atoms with Crippen LogP contribution in [0.5, 0.6) is 0 Å². The van der Waals surface area contributed by atoms with Crippen LogP contribution in [0.15, 0.2) is 12.2 Å². The van der Waals surface area contributed by atoms with Crippen molar-refractivity contribution in [2.45, 2.75) is 12.8 Å². The predicted octanol–water partition coefficient (Wildman–Crippen LogP) is -0.370. The molecule has 0 bridgehead atoms. The summed E-state index contributed by atoms with van der Waals surface area (Å²) in [5, 5.41) is 16.3. The molecule has 0 amide bonds. The van der Waals surface area contributed by atoms with E-state index in [-0.39, 0.29) is 0 Å². The summed E-state index contributed by atoms with van der Waals surface area (Å²) >= 11 is 0. The first-order valence-corrected chi connectivity index (χ1v) is 3.59. The maximum absolute atomic E-state index is 10.7. The summed E-state index contributed by atoms with van der Waals surface area (Å²) in [6.45, 7) is 0. The van der Waals surface area contributed by atoms with Gasteiger partial charge in [0, 0.05) is 0 Å². The second kappa shape index (κ2) is 5.63. The van der Waals surface area contributed by atoms with E-state index in [1.165, 1.54) is 0 Å². The Hall–Kier alpha value is -1.98. The Kier molecular flexibility index (Phi) is 4.83. The lowest BCUT2D eigenvalue weighted by Gasteiger charge is -1.88. The molecule has 0 radical (unpaired) electrons. The van der Waals surface area contributed by atoms with Crippen LogP contribution in [-0.4, -0.2) is 33.7 Å². The lowest BCUT2D eigenvalue weighted by atomic mass is 10.2. The number of ketones is 2. The fraction of sp³-hybridized carbons (Fsp3) is 0.250. The van der Waals surface area contributed by atoms with Gasteiger partial charge in [0.25, 0.3) is 0 Å². The van der Waals surface area contributed by atoms with Crippen molar-refractivity contribution in [1.82, 2.24) is 0 Å². The molecule has 6 heteroatoms. The van der Waals surface area contributed by atoms with E-state index in [2.05, 4.69) is 0 Å². The standard InChI is InChI=1S/C8H8O6/c9-5(3-7(11)12)1-2-6(10)4-8(13)14/h1-2H,3-4H2,(H,11,12)(H,13,14)/b2-1+. The summed E-state index contributed by atoms with van der Waals surface area (Å²) in [7, 11) is 0. The molecule has 0 atom stereocenters. The molecule has 0 saturated carbocycles. The van der Waals surface area contributed by atoms with Gasteiger partial charge in [-0.05, 0) is 12.2 Å². The number of rotatable bonds is 6. The smallest absolute Gasteiger partial charge is 0.311 e. The van der Waals surface area contributed by atoms with Gasteiger partial charge >= 0.3 is 11.9 Å². The van der Waals surface area contributed by atoms with Crippen molar-refractivity contribution in [1.29, 1.82) is 0 Å². The van der Waals surface area contributed by atoms with Gasteiger partial charge in [-0.1, -0.05) is 0 Å². The molecule has 2 N–H and O–H groups in total. The van der Waals surface area contributed by atoms with E-state index in [0.717, 1.165) is 12.2 Å². The van der Waals surface area contributed by atoms with Crippen LogP contribution in [0.4, 0.5) is 0 Å². The Bertz CT molecular complexity index is 271. The Balaban J connectivity index is 4.04. The Morgan fingerprint density at radius 3 is 1.29 bits per heavy atom. The van der Waals surface area contributed by atoms with Crippen LogP contribution in [0, 0.1) is 0 Å². The van der Waals surface area contributed by atoms with E-state index in [0.29, 0.717) is 0 Å². The number of carboxylic acid groups (broad SMARTS) is 2. The van der Waals surface area contributed by atoms with Crippen LogP contribution in [0.25, 0.3) is 0 Å². The first-order valence-electron chi connectivity index (χ1n) is 3.59. The highest BCUT2D eigenvalue weighted by Crippen LogP contribution is 1.90. The molecule has 0 aromatic rings. The number of carbonyl (C=O) groups is 4. The minimum absolute atomic E-state index is 0.711. The average molecular weight is 200 g/mol. The zero-order valence-electron chi connectivity index (χ0n) is 7.10. The highest BCUT2D eigenvalue weighted by molar-refractivity contribution is 6.07. The number of allylic oxidation sites excluding steroid dienone is 2. The summed E-state index contributed by atoms with van der Waals surface area (Å²) in [4.78, 5) is 41.3. The zero-order valence-corrected chi connectivity index (χ0v) is 7.10. The zero-order chi connectivity index (χ0) is 11.1. The van der Waals surface area contributed by atoms with Crippen molar-refractivity contribution in [3.05, 3.63) is 12.2 Å². The molecule has 0 fully saturated rings. The van der Waals surface area contributed by atoms with Gasteiger partial charge in [0.2, 0.25) is 0 Å². The molecule has 6 nitrogen and oxygen atoms in total. The van der Waals surface area contributed by atoms with Crippen LogP contribution >= 0.6 is 0 Å². The molecule has 0 aliphatic heterocycles. The van der Waals surface area contributed by atoms with Crippen molar-refractivity contribution in [2.75, 3.05) is 0 Å². The number of carboxylic acids is 2. The maximum atomic E-state index is 10.7. The molecule has 0 spiro atoms. The second-order valence-corrected chi connectivity index (χ2v) is 2.41. The van der Waals surface area contributed by atoms with E-state index < -0.39 is 36.3 Å². The van der Waals surface area contributed by atoms with Crippen LogP contribution < -0.4 is 0 Å². The number of aliphatic carboxylic acids is 2. The topological polar surface area (TPSA) is 109 Å². The van der Waals surface area contributed by atoms with Crippen molar-refractivity contribution in [3.63, 3.8) is 0 Å². The molecule has 0 aliphatic rings. The van der Waals surface area contributed by atoms with Gasteiger partial charge in [-0.2, -0.15) is 0 Å². The first kappa shape index (κ1) is 12.0. The maximum Gasteiger partial charge on any atom is 0.311 e. The second-order valence-electron chi connectivity index (χ2n) is 2.41. The van der Waals surface area contributed by atoms with E-state index in [9.17, 15) is 19.2 Å². The number of hydrogen-bond acceptors (Lipinski definition) is 4. The Labute approximate surface area is 78.8 Å².